The molecular weight excluding hydrogens is 387 g/mol. The molecule has 5 nitrogen and oxygen atoms in total. The van der Waals surface area contributed by atoms with E-state index in [-0.39, 0.29) is 24.4 Å². The molecule has 0 spiro atoms. The SMILES string of the molecule is CC(=O)Nc1cccc(C(C)NCc2cc(Cl)c3c(c2)OCCCO3)c1.Cl. The lowest BCUT2D eigenvalue weighted by atomic mass is 10.1. The average Bonchev–Trinajstić information content (AvgIpc) is 2.85. The molecule has 0 radical (unpaired) electrons. The van der Waals surface area contributed by atoms with Gasteiger partial charge >= 0.3 is 0 Å². The Balaban J connectivity index is 0.00000261. The second kappa shape index (κ2) is 9.83. The van der Waals surface area contributed by atoms with E-state index in [2.05, 4.69) is 17.6 Å². The summed E-state index contributed by atoms with van der Waals surface area (Å²) in [7, 11) is 0. The zero-order chi connectivity index (χ0) is 18.5. The molecule has 1 unspecified atom stereocenters. The highest BCUT2D eigenvalue weighted by Gasteiger charge is 2.16. The van der Waals surface area contributed by atoms with E-state index in [0.717, 1.165) is 23.2 Å². The second-order valence-corrected chi connectivity index (χ2v) is 6.77. The lowest BCUT2D eigenvalue weighted by Crippen LogP contribution is -2.18. The van der Waals surface area contributed by atoms with Gasteiger partial charge in [0.15, 0.2) is 11.5 Å². The maximum atomic E-state index is 11.2. The monoisotopic (exact) mass is 410 g/mol. The summed E-state index contributed by atoms with van der Waals surface area (Å²) >= 11 is 6.35. The molecule has 0 bridgehead atoms. The highest BCUT2D eigenvalue weighted by Crippen LogP contribution is 2.38. The molecule has 146 valence electrons. The van der Waals surface area contributed by atoms with Crippen molar-refractivity contribution in [3.63, 3.8) is 0 Å². The Hall–Kier alpha value is -1.95. The molecule has 1 aliphatic heterocycles. The van der Waals surface area contributed by atoms with Crippen molar-refractivity contribution in [3.8, 4) is 11.5 Å². The number of hydrogen-bond acceptors (Lipinski definition) is 4. The predicted molar refractivity (Wildman–Crippen MR) is 110 cm³/mol. The summed E-state index contributed by atoms with van der Waals surface area (Å²) in [5.41, 5.74) is 2.92. The first kappa shape index (κ1) is 21.4. The Labute approximate surface area is 170 Å². The van der Waals surface area contributed by atoms with Gasteiger partial charge in [0.1, 0.15) is 0 Å². The highest BCUT2D eigenvalue weighted by atomic mass is 35.5. The van der Waals surface area contributed by atoms with Crippen LogP contribution in [0.3, 0.4) is 0 Å². The lowest BCUT2D eigenvalue weighted by molar-refractivity contribution is -0.114. The van der Waals surface area contributed by atoms with E-state index in [1.54, 1.807) is 0 Å². The van der Waals surface area contributed by atoms with Crippen LogP contribution in [-0.4, -0.2) is 19.1 Å². The highest BCUT2D eigenvalue weighted by molar-refractivity contribution is 6.32. The van der Waals surface area contributed by atoms with Crippen LogP contribution in [0.4, 0.5) is 5.69 Å². The zero-order valence-electron chi connectivity index (χ0n) is 15.4. The maximum Gasteiger partial charge on any atom is 0.221 e. The third-order valence-electron chi connectivity index (χ3n) is 4.18. The Kier molecular flexibility index (Phi) is 7.78. The fraction of sp³-hybridized carbons (Fsp3) is 0.350. The van der Waals surface area contributed by atoms with Gasteiger partial charge in [-0.15, -0.1) is 12.4 Å². The molecular formula is C20H24Cl2N2O3. The van der Waals surface area contributed by atoms with Crippen LogP contribution in [0.1, 0.15) is 37.4 Å². The minimum Gasteiger partial charge on any atom is -0.489 e. The Morgan fingerprint density at radius 3 is 2.78 bits per heavy atom. The molecule has 0 aromatic heterocycles. The number of amides is 1. The Morgan fingerprint density at radius 2 is 2.00 bits per heavy atom. The van der Waals surface area contributed by atoms with Crippen molar-refractivity contribution in [2.45, 2.75) is 32.9 Å². The number of hydrogen-bond donors (Lipinski definition) is 2. The standard InChI is InChI=1S/C20H23ClN2O3.ClH/c1-13(16-5-3-6-17(11-16)23-14(2)24)22-12-15-9-18(21)20-19(10-15)25-7-4-8-26-20;/h3,5-6,9-11,13,22H,4,7-8,12H2,1-2H3,(H,23,24);1H. The van der Waals surface area contributed by atoms with E-state index >= 15 is 0 Å². The lowest BCUT2D eigenvalue weighted by Gasteiger charge is -2.17. The number of anilines is 1. The van der Waals surface area contributed by atoms with Crippen molar-refractivity contribution >= 4 is 35.6 Å². The van der Waals surface area contributed by atoms with E-state index in [1.165, 1.54) is 6.92 Å². The fourth-order valence-electron chi connectivity index (χ4n) is 2.86. The van der Waals surface area contributed by atoms with Crippen LogP contribution < -0.4 is 20.1 Å². The molecule has 7 heteroatoms. The maximum absolute atomic E-state index is 11.2. The third kappa shape index (κ3) is 5.76. The number of fused-ring (bicyclic) bond motifs is 1. The van der Waals surface area contributed by atoms with Crippen molar-refractivity contribution in [1.29, 1.82) is 0 Å². The predicted octanol–water partition coefficient (Wildman–Crippen LogP) is 4.73. The average molecular weight is 411 g/mol. The summed E-state index contributed by atoms with van der Waals surface area (Å²) in [5.74, 6) is 1.25. The molecule has 1 aliphatic rings. The van der Waals surface area contributed by atoms with Gasteiger partial charge in [0.25, 0.3) is 0 Å². The Morgan fingerprint density at radius 1 is 1.22 bits per heavy atom. The molecule has 0 fully saturated rings. The summed E-state index contributed by atoms with van der Waals surface area (Å²) in [6.07, 6.45) is 0.847. The van der Waals surface area contributed by atoms with Gasteiger partial charge in [-0.3, -0.25) is 4.79 Å². The molecule has 3 rings (SSSR count). The summed E-state index contributed by atoms with van der Waals surface area (Å²) in [5, 5.41) is 6.86. The molecule has 2 N–H and O–H groups in total. The van der Waals surface area contributed by atoms with Crippen LogP contribution in [0.2, 0.25) is 5.02 Å². The molecule has 0 saturated heterocycles. The summed E-state index contributed by atoms with van der Waals surface area (Å²) < 4.78 is 11.4. The third-order valence-corrected chi connectivity index (χ3v) is 4.46. The molecule has 27 heavy (non-hydrogen) atoms. The van der Waals surface area contributed by atoms with Gasteiger partial charge in [-0.25, -0.2) is 0 Å². The van der Waals surface area contributed by atoms with Crippen molar-refractivity contribution in [2.75, 3.05) is 18.5 Å². The van der Waals surface area contributed by atoms with Gasteiger partial charge in [0, 0.05) is 31.6 Å². The molecule has 1 heterocycles. The first-order valence-electron chi connectivity index (χ1n) is 8.72. The van der Waals surface area contributed by atoms with Crippen LogP contribution in [0.15, 0.2) is 36.4 Å². The van der Waals surface area contributed by atoms with Gasteiger partial charge < -0.3 is 20.1 Å². The molecule has 0 aliphatic carbocycles. The summed E-state index contributed by atoms with van der Waals surface area (Å²) in [6.45, 7) is 5.47. The molecule has 2 aromatic rings. The molecule has 0 saturated carbocycles. The van der Waals surface area contributed by atoms with Crippen molar-refractivity contribution in [1.82, 2.24) is 5.32 Å². The van der Waals surface area contributed by atoms with Crippen LogP contribution in [0.5, 0.6) is 11.5 Å². The summed E-state index contributed by atoms with van der Waals surface area (Å²) in [6, 6.07) is 11.8. The minimum atomic E-state index is -0.0791. The second-order valence-electron chi connectivity index (χ2n) is 6.36. The van der Waals surface area contributed by atoms with Gasteiger partial charge in [-0.1, -0.05) is 23.7 Å². The van der Waals surface area contributed by atoms with E-state index in [1.807, 2.05) is 36.4 Å². The van der Waals surface area contributed by atoms with Gasteiger partial charge in [0.2, 0.25) is 5.91 Å². The van der Waals surface area contributed by atoms with Gasteiger partial charge in [0.05, 0.1) is 18.2 Å². The van der Waals surface area contributed by atoms with Crippen LogP contribution in [0.25, 0.3) is 0 Å². The quantitative estimate of drug-likeness (QED) is 0.747. The number of benzene rings is 2. The minimum absolute atomic E-state index is 0. The normalized spacial score (nSPS) is 13.9. The number of ether oxygens (including phenoxy) is 2. The van der Waals surface area contributed by atoms with E-state index < -0.39 is 0 Å². The van der Waals surface area contributed by atoms with Crippen molar-refractivity contribution in [2.24, 2.45) is 0 Å². The first-order chi connectivity index (χ1) is 12.5. The molecule has 1 amide bonds. The number of rotatable bonds is 5. The fourth-order valence-corrected chi connectivity index (χ4v) is 3.15. The van der Waals surface area contributed by atoms with Crippen LogP contribution in [0, 0.1) is 0 Å². The topological polar surface area (TPSA) is 59.6 Å². The van der Waals surface area contributed by atoms with Crippen molar-refractivity contribution in [3.05, 3.63) is 52.5 Å². The Bertz CT molecular complexity index is 799. The van der Waals surface area contributed by atoms with Crippen LogP contribution in [-0.2, 0) is 11.3 Å². The van der Waals surface area contributed by atoms with Crippen molar-refractivity contribution < 1.29 is 14.3 Å². The summed E-state index contributed by atoms with van der Waals surface area (Å²) in [4.78, 5) is 11.2. The number of carbonyl (C=O) groups is 1. The number of carbonyl (C=O) groups excluding carboxylic acids is 1. The van der Waals surface area contributed by atoms with Crippen LogP contribution >= 0.6 is 24.0 Å². The largest absolute Gasteiger partial charge is 0.489 e. The molecule has 1 atom stereocenters. The first-order valence-corrected chi connectivity index (χ1v) is 9.09. The van der Waals surface area contributed by atoms with E-state index in [9.17, 15) is 4.79 Å². The van der Waals surface area contributed by atoms with E-state index in [0.29, 0.717) is 36.3 Å². The zero-order valence-corrected chi connectivity index (χ0v) is 17.0. The molecule has 2 aromatic carbocycles. The van der Waals surface area contributed by atoms with Gasteiger partial charge in [-0.2, -0.15) is 0 Å². The smallest absolute Gasteiger partial charge is 0.221 e. The number of halogens is 2. The van der Waals surface area contributed by atoms with E-state index in [4.69, 9.17) is 21.1 Å². The van der Waals surface area contributed by atoms with Gasteiger partial charge in [-0.05, 0) is 42.3 Å². The number of nitrogens with one attached hydrogen (secondary N) is 2.